The Morgan fingerprint density at radius 1 is 1.06 bits per heavy atom. The van der Waals surface area contributed by atoms with Crippen molar-refractivity contribution in [3.05, 3.63) is 39.8 Å². The molecule has 0 unspecified atom stereocenters. The van der Waals surface area contributed by atoms with E-state index < -0.39 is 0 Å². The number of aryl methyl sites for hydroxylation is 2. The van der Waals surface area contributed by atoms with Crippen LogP contribution in [0.4, 0.5) is 5.69 Å². The Morgan fingerprint density at radius 2 is 1.77 bits per heavy atom. The Bertz CT molecular complexity index is 846. The number of hydrogen-bond acceptors (Lipinski definition) is 7. The normalized spacial score (nSPS) is 15.0. The maximum atomic E-state index is 12.3. The van der Waals surface area contributed by atoms with Crippen LogP contribution in [0.25, 0.3) is 0 Å². The monoisotopic (exact) mass is 444 g/mol. The van der Waals surface area contributed by atoms with Crippen molar-refractivity contribution >= 4 is 28.8 Å². The minimum absolute atomic E-state index is 0.0639. The van der Waals surface area contributed by atoms with E-state index in [9.17, 15) is 9.59 Å². The van der Waals surface area contributed by atoms with Crippen molar-refractivity contribution in [3.8, 4) is 0 Å². The van der Waals surface area contributed by atoms with Crippen LogP contribution in [-0.4, -0.2) is 77.6 Å². The molecular formula is C22H32N6O2S. The van der Waals surface area contributed by atoms with Gasteiger partial charge in [0.15, 0.2) is 0 Å². The van der Waals surface area contributed by atoms with E-state index in [0.717, 1.165) is 55.5 Å². The van der Waals surface area contributed by atoms with Gasteiger partial charge in [0.1, 0.15) is 5.01 Å². The van der Waals surface area contributed by atoms with E-state index in [-0.39, 0.29) is 11.8 Å². The number of carbonyl (C=O) groups is 2. The van der Waals surface area contributed by atoms with Gasteiger partial charge >= 0.3 is 0 Å². The molecular weight excluding hydrogens is 412 g/mol. The first-order valence-corrected chi connectivity index (χ1v) is 11.8. The molecule has 0 spiro atoms. The minimum Gasteiger partial charge on any atom is -0.355 e. The molecule has 1 aliphatic rings. The second-order valence-corrected chi connectivity index (χ2v) is 8.86. The quantitative estimate of drug-likeness (QED) is 0.584. The lowest BCUT2D eigenvalue weighted by atomic mass is 10.2. The third-order valence-electron chi connectivity index (χ3n) is 5.43. The highest BCUT2D eigenvalue weighted by atomic mass is 32.1. The summed E-state index contributed by atoms with van der Waals surface area (Å²) in [6.07, 6.45) is 1.78. The molecule has 2 N–H and O–H groups in total. The second-order valence-electron chi connectivity index (χ2n) is 7.80. The Labute approximate surface area is 188 Å². The number of likely N-dealkylation sites (N-methyl/N-ethyl adjacent to an activating group) is 1. The molecule has 1 aromatic heterocycles. The van der Waals surface area contributed by atoms with E-state index in [1.54, 1.807) is 0 Å². The van der Waals surface area contributed by atoms with E-state index in [2.05, 4.69) is 37.6 Å². The summed E-state index contributed by atoms with van der Waals surface area (Å²) < 4.78 is 0. The van der Waals surface area contributed by atoms with E-state index in [4.69, 9.17) is 0 Å². The molecule has 0 saturated carbocycles. The molecule has 0 radical (unpaired) electrons. The fourth-order valence-corrected chi connectivity index (χ4v) is 4.22. The van der Waals surface area contributed by atoms with Crippen LogP contribution in [0.15, 0.2) is 24.3 Å². The first kappa shape index (κ1) is 23.3. The molecule has 0 bridgehead atoms. The number of carbonyl (C=O) groups excluding carboxylic acids is 2. The van der Waals surface area contributed by atoms with Gasteiger partial charge in [-0.25, -0.2) is 0 Å². The highest BCUT2D eigenvalue weighted by Gasteiger charge is 2.16. The van der Waals surface area contributed by atoms with Crippen LogP contribution in [0, 0.1) is 6.92 Å². The SMILES string of the molecule is CCN1CCN(CCNC(=O)CCCc2nnc(C(=O)Nc3ccc(C)cc3)s2)CC1. The number of hydrogen-bond donors (Lipinski definition) is 2. The van der Waals surface area contributed by atoms with Gasteiger partial charge in [0.25, 0.3) is 5.91 Å². The molecule has 1 saturated heterocycles. The predicted octanol–water partition coefficient (Wildman–Crippen LogP) is 2.18. The fourth-order valence-electron chi connectivity index (χ4n) is 3.44. The van der Waals surface area contributed by atoms with Crippen LogP contribution < -0.4 is 10.6 Å². The summed E-state index contributed by atoms with van der Waals surface area (Å²) in [6, 6.07) is 7.61. The van der Waals surface area contributed by atoms with Crippen molar-refractivity contribution in [1.29, 1.82) is 0 Å². The molecule has 8 nitrogen and oxygen atoms in total. The molecule has 2 amide bonds. The van der Waals surface area contributed by atoms with Crippen molar-refractivity contribution in [2.45, 2.75) is 33.1 Å². The Kier molecular flexibility index (Phi) is 8.93. The third-order valence-corrected chi connectivity index (χ3v) is 6.41. The molecule has 9 heteroatoms. The number of nitrogens with zero attached hydrogens (tertiary/aromatic N) is 4. The summed E-state index contributed by atoms with van der Waals surface area (Å²) in [4.78, 5) is 29.2. The van der Waals surface area contributed by atoms with Gasteiger partial charge in [0, 0.05) is 57.8 Å². The van der Waals surface area contributed by atoms with E-state index >= 15 is 0 Å². The smallest absolute Gasteiger partial charge is 0.286 e. The first-order valence-electron chi connectivity index (χ1n) is 11.0. The zero-order chi connectivity index (χ0) is 22.1. The fraction of sp³-hybridized carbons (Fsp3) is 0.545. The van der Waals surface area contributed by atoms with E-state index in [0.29, 0.717) is 30.8 Å². The molecule has 168 valence electrons. The molecule has 1 fully saturated rings. The Hall–Kier alpha value is -2.36. The number of benzene rings is 1. The van der Waals surface area contributed by atoms with Gasteiger partial charge in [0.2, 0.25) is 10.9 Å². The van der Waals surface area contributed by atoms with Gasteiger partial charge in [-0.3, -0.25) is 14.5 Å². The van der Waals surface area contributed by atoms with Crippen molar-refractivity contribution in [2.24, 2.45) is 0 Å². The maximum Gasteiger partial charge on any atom is 0.286 e. The largest absolute Gasteiger partial charge is 0.355 e. The zero-order valence-electron chi connectivity index (χ0n) is 18.4. The molecule has 2 heterocycles. The lowest BCUT2D eigenvalue weighted by Crippen LogP contribution is -2.48. The number of anilines is 1. The lowest BCUT2D eigenvalue weighted by molar-refractivity contribution is -0.121. The van der Waals surface area contributed by atoms with Crippen LogP contribution in [-0.2, 0) is 11.2 Å². The highest BCUT2D eigenvalue weighted by Crippen LogP contribution is 2.15. The summed E-state index contributed by atoms with van der Waals surface area (Å²) in [7, 11) is 0. The minimum atomic E-state index is -0.259. The summed E-state index contributed by atoms with van der Waals surface area (Å²) in [5.41, 5.74) is 1.87. The summed E-state index contributed by atoms with van der Waals surface area (Å²) in [5.74, 6) is -0.195. The summed E-state index contributed by atoms with van der Waals surface area (Å²) in [6.45, 7) is 11.2. The third kappa shape index (κ3) is 7.68. The van der Waals surface area contributed by atoms with Gasteiger partial charge < -0.3 is 15.5 Å². The van der Waals surface area contributed by atoms with E-state index in [1.165, 1.54) is 11.3 Å². The van der Waals surface area contributed by atoms with Crippen LogP contribution in [0.3, 0.4) is 0 Å². The van der Waals surface area contributed by atoms with Crippen molar-refractivity contribution in [3.63, 3.8) is 0 Å². The van der Waals surface area contributed by atoms with Crippen molar-refractivity contribution < 1.29 is 9.59 Å². The number of rotatable bonds is 10. The zero-order valence-corrected chi connectivity index (χ0v) is 19.2. The molecule has 1 aromatic carbocycles. The van der Waals surface area contributed by atoms with E-state index in [1.807, 2.05) is 31.2 Å². The first-order chi connectivity index (χ1) is 15.0. The number of amides is 2. The summed E-state index contributed by atoms with van der Waals surface area (Å²) >= 11 is 1.28. The standard InChI is InChI=1S/C22H32N6O2S/c1-3-27-13-15-28(16-14-27)12-11-23-19(29)5-4-6-20-25-26-22(31-20)21(30)24-18-9-7-17(2)8-10-18/h7-10H,3-6,11-16H2,1-2H3,(H,23,29)(H,24,30). The van der Waals surface area contributed by atoms with Crippen molar-refractivity contribution in [1.82, 2.24) is 25.3 Å². The van der Waals surface area contributed by atoms with Gasteiger partial charge in [-0.2, -0.15) is 0 Å². The maximum absolute atomic E-state index is 12.3. The Balaban J connectivity index is 1.31. The predicted molar refractivity (Wildman–Crippen MR) is 124 cm³/mol. The number of nitrogens with one attached hydrogen (secondary N) is 2. The Morgan fingerprint density at radius 3 is 2.48 bits per heavy atom. The van der Waals surface area contributed by atoms with Gasteiger partial charge in [-0.15, -0.1) is 10.2 Å². The molecule has 0 atom stereocenters. The van der Waals surface area contributed by atoms with Gasteiger partial charge in [-0.05, 0) is 32.0 Å². The second kappa shape index (κ2) is 11.9. The van der Waals surface area contributed by atoms with Gasteiger partial charge in [0.05, 0.1) is 0 Å². The molecule has 2 aromatic rings. The van der Waals surface area contributed by atoms with Crippen molar-refractivity contribution in [2.75, 3.05) is 51.1 Å². The summed E-state index contributed by atoms with van der Waals surface area (Å²) in [5, 5.41) is 15.0. The molecule has 3 rings (SSSR count). The van der Waals surface area contributed by atoms with Crippen LogP contribution in [0.1, 0.15) is 40.1 Å². The average molecular weight is 445 g/mol. The molecule has 1 aliphatic heterocycles. The number of aromatic nitrogens is 2. The van der Waals surface area contributed by atoms with Crippen LogP contribution >= 0.6 is 11.3 Å². The lowest BCUT2D eigenvalue weighted by Gasteiger charge is -2.33. The highest BCUT2D eigenvalue weighted by molar-refractivity contribution is 7.13. The topological polar surface area (TPSA) is 90.5 Å². The van der Waals surface area contributed by atoms with Crippen LogP contribution in [0.5, 0.6) is 0 Å². The number of piperazine rings is 1. The van der Waals surface area contributed by atoms with Gasteiger partial charge in [-0.1, -0.05) is 36.0 Å². The van der Waals surface area contributed by atoms with Crippen LogP contribution in [0.2, 0.25) is 0 Å². The molecule has 31 heavy (non-hydrogen) atoms. The average Bonchev–Trinajstić information content (AvgIpc) is 3.25. The molecule has 0 aliphatic carbocycles.